The van der Waals surface area contributed by atoms with Crippen molar-refractivity contribution in [2.24, 2.45) is 23.5 Å². The summed E-state index contributed by atoms with van der Waals surface area (Å²) >= 11 is 0. The predicted molar refractivity (Wildman–Crippen MR) is 134 cm³/mol. The lowest BCUT2D eigenvalue weighted by molar-refractivity contribution is -0.137. The van der Waals surface area contributed by atoms with Gasteiger partial charge in [0.2, 0.25) is 0 Å². The van der Waals surface area contributed by atoms with Crippen molar-refractivity contribution in [3.63, 3.8) is 0 Å². The molecule has 2 aliphatic carbocycles. The van der Waals surface area contributed by atoms with Crippen molar-refractivity contribution in [2.45, 2.75) is 38.0 Å². The number of hydrogen-bond acceptors (Lipinski definition) is 7. The SMILES string of the molecule is COC(=O)c1cnc(N2CC3CC(OCC(C(=O)C4CC4)=C(N)c4ccccc4C(F)(F)F)C[C@H]3C2)c(F)c1. The number of nitrogens with zero attached hydrogens (tertiary/aromatic N) is 2. The first kappa shape index (κ1) is 27.1. The van der Waals surface area contributed by atoms with Crippen molar-refractivity contribution in [1.82, 2.24) is 4.98 Å². The van der Waals surface area contributed by atoms with Crippen LogP contribution in [-0.2, 0) is 20.4 Å². The lowest BCUT2D eigenvalue weighted by Gasteiger charge is -2.22. The number of pyridine rings is 1. The summed E-state index contributed by atoms with van der Waals surface area (Å²) < 4.78 is 66.2. The average molecular weight is 548 g/mol. The van der Waals surface area contributed by atoms with Crippen LogP contribution in [0.5, 0.6) is 0 Å². The topological polar surface area (TPSA) is 94.7 Å². The van der Waals surface area contributed by atoms with Crippen molar-refractivity contribution in [3.05, 3.63) is 64.6 Å². The van der Waals surface area contributed by atoms with Crippen LogP contribution in [0.1, 0.15) is 47.2 Å². The molecule has 3 atom stereocenters. The van der Waals surface area contributed by atoms with Gasteiger partial charge in [0.25, 0.3) is 0 Å². The van der Waals surface area contributed by atoms with Crippen molar-refractivity contribution in [3.8, 4) is 0 Å². The smallest absolute Gasteiger partial charge is 0.417 e. The van der Waals surface area contributed by atoms with E-state index >= 15 is 0 Å². The summed E-state index contributed by atoms with van der Waals surface area (Å²) in [6.07, 6.45) is -0.834. The van der Waals surface area contributed by atoms with Crippen LogP contribution in [0.15, 0.2) is 42.1 Å². The summed E-state index contributed by atoms with van der Waals surface area (Å²) in [5.74, 6) is -1.19. The van der Waals surface area contributed by atoms with Gasteiger partial charge in [0.15, 0.2) is 17.4 Å². The van der Waals surface area contributed by atoms with Gasteiger partial charge in [0, 0.05) is 42.0 Å². The van der Waals surface area contributed by atoms with Crippen LogP contribution in [0.2, 0.25) is 0 Å². The van der Waals surface area contributed by atoms with Gasteiger partial charge in [-0.1, -0.05) is 18.2 Å². The van der Waals surface area contributed by atoms with Crippen LogP contribution < -0.4 is 10.6 Å². The second-order valence-electron chi connectivity index (χ2n) is 10.4. The third-order valence-corrected chi connectivity index (χ3v) is 7.81. The maximum Gasteiger partial charge on any atom is 0.417 e. The number of aromatic nitrogens is 1. The summed E-state index contributed by atoms with van der Waals surface area (Å²) in [4.78, 5) is 30.6. The monoisotopic (exact) mass is 547 g/mol. The van der Waals surface area contributed by atoms with E-state index in [-0.39, 0.29) is 64.5 Å². The van der Waals surface area contributed by atoms with Crippen LogP contribution in [0.4, 0.5) is 23.4 Å². The molecule has 5 rings (SSSR count). The van der Waals surface area contributed by atoms with Crippen molar-refractivity contribution >= 4 is 23.3 Å². The largest absolute Gasteiger partial charge is 0.465 e. The molecule has 2 saturated carbocycles. The first-order chi connectivity index (χ1) is 18.6. The molecule has 1 aromatic carbocycles. The molecule has 0 amide bonds. The molecule has 0 bridgehead atoms. The Bertz CT molecular complexity index is 1290. The Morgan fingerprint density at radius 2 is 1.79 bits per heavy atom. The number of nitrogens with two attached hydrogens (primary N) is 1. The number of hydrogen-bond donors (Lipinski definition) is 1. The van der Waals surface area contributed by atoms with Crippen LogP contribution in [-0.4, -0.2) is 49.6 Å². The number of fused-ring (bicyclic) bond motifs is 1. The summed E-state index contributed by atoms with van der Waals surface area (Å²) in [7, 11) is 1.21. The van der Waals surface area contributed by atoms with Crippen LogP contribution in [0.25, 0.3) is 5.70 Å². The maximum absolute atomic E-state index is 14.7. The Kier molecular flexibility index (Phi) is 7.37. The fourth-order valence-electron chi connectivity index (χ4n) is 5.65. The second kappa shape index (κ2) is 10.6. The van der Waals surface area contributed by atoms with E-state index in [1.165, 1.54) is 31.5 Å². The number of halogens is 4. The molecule has 3 fully saturated rings. The van der Waals surface area contributed by atoms with Gasteiger partial charge in [-0.15, -0.1) is 0 Å². The number of benzene rings is 1. The number of Topliss-reactive ketones (excluding diaryl/α,β-unsaturated/α-hetero) is 1. The Morgan fingerprint density at radius 1 is 1.13 bits per heavy atom. The lowest BCUT2D eigenvalue weighted by Crippen LogP contribution is -2.26. The molecular weight excluding hydrogens is 518 g/mol. The van der Waals surface area contributed by atoms with Gasteiger partial charge in [-0.2, -0.15) is 13.2 Å². The minimum absolute atomic E-state index is 0.0355. The number of ether oxygens (including phenoxy) is 2. The normalized spacial score (nSPS) is 23.4. The zero-order valence-electron chi connectivity index (χ0n) is 21.3. The molecule has 0 spiro atoms. The third-order valence-electron chi connectivity index (χ3n) is 7.81. The minimum Gasteiger partial charge on any atom is -0.465 e. The third kappa shape index (κ3) is 5.63. The van der Waals surface area contributed by atoms with Gasteiger partial charge in [-0.25, -0.2) is 14.2 Å². The number of carbonyl (C=O) groups excluding carboxylic acids is 2. The highest BCUT2D eigenvalue weighted by Crippen LogP contribution is 2.42. The van der Waals surface area contributed by atoms with Crippen LogP contribution >= 0.6 is 0 Å². The zero-order valence-corrected chi connectivity index (χ0v) is 21.3. The van der Waals surface area contributed by atoms with Crippen LogP contribution in [0.3, 0.4) is 0 Å². The van der Waals surface area contributed by atoms with Gasteiger partial charge in [0.05, 0.1) is 30.9 Å². The number of ketones is 1. The number of carbonyl (C=O) groups is 2. The summed E-state index contributed by atoms with van der Waals surface area (Å²) in [6.45, 7) is 0.944. The van der Waals surface area contributed by atoms with Crippen molar-refractivity contribution in [1.29, 1.82) is 0 Å². The fraction of sp³-hybridized carbons (Fsp3) is 0.464. The first-order valence-electron chi connectivity index (χ1n) is 12.9. The van der Waals surface area contributed by atoms with Crippen molar-refractivity contribution in [2.75, 3.05) is 31.7 Å². The van der Waals surface area contributed by atoms with E-state index in [1.54, 1.807) is 0 Å². The first-order valence-corrected chi connectivity index (χ1v) is 12.9. The van der Waals surface area contributed by atoms with Gasteiger partial charge in [0.1, 0.15) is 0 Å². The molecule has 0 radical (unpaired) electrons. The second-order valence-corrected chi connectivity index (χ2v) is 10.4. The molecule has 7 nitrogen and oxygen atoms in total. The van der Waals surface area contributed by atoms with E-state index < -0.39 is 23.5 Å². The van der Waals surface area contributed by atoms with Gasteiger partial charge < -0.3 is 20.1 Å². The van der Waals surface area contributed by atoms with E-state index in [9.17, 15) is 27.2 Å². The molecule has 39 heavy (non-hydrogen) atoms. The highest BCUT2D eigenvalue weighted by Gasteiger charge is 2.43. The number of rotatable bonds is 8. The van der Waals surface area contributed by atoms with Gasteiger partial charge in [-0.05, 0) is 49.7 Å². The average Bonchev–Trinajstić information content (AvgIpc) is 3.59. The molecule has 11 heteroatoms. The van der Waals surface area contributed by atoms with E-state index in [1.807, 2.05) is 4.90 Å². The molecule has 2 heterocycles. The molecule has 2 aromatic rings. The lowest BCUT2D eigenvalue weighted by atomic mass is 9.97. The Balaban J connectivity index is 1.26. The Hall–Kier alpha value is -3.47. The summed E-state index contributed by atoms with van der Waals surface area (Å²) in [5, 5.41) is 0. The zero-order chi connectivity index (χ0) is 27.9. The molecule has 3 aliphatic rings. The van der Waals surface area contributed by atoms with Crippen LogP contribution in [0, 0.1) is 23.6 Å². The molecule has 2 unspecified atom stereocenters. The predicted octanol–water partition coefficient (Wildman–Crippen LogP) is 4.61. The molecule has 208 valence electrons. The van der Waals surface area contributed by atoms with E-state index in [0.29, 0.717) is 38.8 Å². The van der Waals surface area contributed by atoms with Gasteiger partial charge in [-0.3, -0.25) is 4.79 Å². The molecule has 2 N–H and O–H groups in total. The van der Waals surface area contributed by atoms with E-state index in [2.05, 4.69) is 9.72 Å². The fourth-order valence-corrected chi connectivity index (χ4v) is 5.65. The summed E-state index contributed by atoms with van der Waals surface area (Å²) in [5.41, 5.74) is 5.04. The standard InChI is InChI=1S/C28H29F4N3O4/c1-38-27(37)16-10-23(29)26(34-11-16)35-12-17-8-19(9-18(17)13-35)39-14-21(25(36)15-6-7-15)24(33)20-4-2-3-5-22(20)28(30,31)32/h2-5,10-11,15,17-19H,6-9,12-14,33H2,1H3/t17-,18?,19?/m0/s1. The molecular formula is C28H29F4N3O4. The Morgan fingerprint density at radius 3 is 2.38 bits per heavy atom. The molecule has 1 saturated heterocycles. The number of alkyl halides is 3. The molecule has 1 aliphatic heterocycles. The number of anilines is 1. The maximum atomic E-state index is 14.7. The quantitative estimate of drug-likeness (QED) is 0.293. The Labute approximate surface area is 223 Å². The number of esters is 1. The van der Waals surface area contributed by atoms with E-state index in [4.69, 9.17) is 10.5 Å². The highest BCUT2D eigenvalue weighted by atomic mass is 19.4. The van der Waals surface area contributed by atoms with E-state index in [0.717, 1.165) is 12.1 Å². The highest BCUT2D eigenvalue weighted by molar-refractivity contribution is 6.05. The minimum atomic E-state index is -4.61. The summed E-state index contributed by atoms with van der Waals surface area (Å²) in [6, 6.07) is 6.08. The molecule has 1 aromatic heterocycles. The van der Waals surface area contributed by atoms with Gasteiger partial charge >= 0.3 is 12.1 Å². The van der Waals surface area contributed by atoms with Crippen molar-refractivity contribution < 1.29 is 36.6 Å². The number of methoxy groups -OCH3 is 1.